The van der Waals surface area contributed by atoms with E-state index in [0.717, 1.165) is 0 Å². The molecule has 0 N–H and O–H groups in total. The summed E-state index contributed by atoms with van der Waals surface area (Å²) in [5.41, 5.74) is -3.19. The first-order chi connectivity index (χ1) is 11.8. The van der Waals surface area contributed by atoms with Crippen LogP contribution >= 0.6 is 0 Å². The van der Waals surface area contributed by atoms with Crippen molar-refractivity contribution in [1.82, 2.24) is 0 Å². The summed E-state index contributed by atoms with van der Waals surface area (Å²) in [6.07, 6.45) is -13.1. The van der Waals surface area contributed by atoms with Crippen molar-refractivity contribution in [3.8, 4) is 11.5 Å². The molecule has 1 heterocycles. The molecule has 0 fully saturated rings. The third-order valence-electron chi connectivity index (χ3n) is 4.02. The molecule has 0 aromatic heterocycles. The Hall–Kier alpha value is -2.13. The third-order valence-corrected chi connectivity index (χ3v) is 4.02. The highest BCUT2D eigenvalue weighted by Gasteiger charge is 2.60. The quantitative estimate of drug-likeness (QED) is 0.573. The molecule has 26 heavy (non-hydrogen) atoms. The highest BCUT2D eigenvalue weighted by molar-refractivity contribution is 5.77. The zero-order valence-electron chi connectivity index (χ0n) is 13.8. The van der Waals surface area contributed by atoms with Crippen molar-refractivity contribution in [2.24, 2.45) is 5.41 Å². The van der Waals surface area contributed by atoms with Crippen LogP contribution < -0.4 is 9.47 Å². The van der Waals surface area contributed by atoms with Crippen LogP contribution in [-0.2, 0) is 9.53 Å². The minimum Gasteiger partial charge on any atom is -0.483 e. The lowest BCUT2D eigenvalue weighted by Crippen LogP contribution is -2.50. The number of para-hydroxylation sites is 2. The average molecular weight is 386 g/mol. The fraction of sp³-hybridized carbons (Fsp3) is 0.562. The van der Waals surface area contributed by atoms with Crippen molar-refractivity contribution in [2.75, 3.05) is 6.61 Å². The number of hydrogen-bond donors (Lipinski definition) is 0. The lowest BCUT2D eigenvalue weighted by Gasteiger charge is -2.37. The molecule has 146 valence electrons. The highest BCUT2D eigenvalue weighted by atomic mass is 19.4. The molecule has 0 aliphatic carbocycles. The van der Waals surface area contributed by atoms with E-state index in [9.17, 15) is 31.1 Å². The Bertz CT molecular complexity index is 657. The molecular formula is C16H16F6O4. The fourth-order valence-electron chi connectivity index (χ4n) is 2.41. The van der Waals surface area contributed by atoms with Crippen LogP contribution in [0.2, 0.25) is 0 Å². The lowest BCUT2D eigenvalue weighted by molar-refractivity contribution is -0.246. The summed E-state index contributed by atoms with van der Waals surface area (Å²) in [4.78, 5) is 11.8. The summed E-state index contributed by atoms with van der Waals surface area (Å²) < 4.78 is 91.8. The van der Waals surface area contributed by atoms with Gasteiger partial charge in [-0.15, -0.1) is 0 Å². The van der Waals surface area contributed by atoms with E-state index in [1.807, 2.05) is 0 Å². The Labute approximate surface area is 145 Å². The number of esters is 1. The number of hydrogen-bond acceptors (Lipinski definition) is 4. The van der Waals surface area contributed by atoms with Crippen molar-refractivity contribution < 1.29 is 45.3 Å². The highest BCUT2D eigenvalue weighted by Crippen LogP contribution is 2.46. The maximum atomic E-state index is 13.5. The van der Waals surface area contributed by atoms with E-state index < -0.39 is 49.0 Å². The smallest absolute Gasteiger partial charge is 0.422 e. The van der Waals surface area contributed by atoms with Crippen LogP contribution in [0.3, 0.4) is 0 Å². The second-order valence-electron chi connectivity index (χ2n) is 6.15. The molecule has 1 aliphatic heterocycles. The molecule has 0 amide bonds. The molecule has 0 radical (unpaired) electrons. The fourth-order valence-corrected chi connectivity index (χ4v) is 2.41. The first kappa shape index (κ1) is 20.2. The van der Waals surface area contributed by atoms with Gasteiger partial charge in [0.1, 0.15) is 12.2 Å². The van der Waals surface area contributed by atoms with Crippen molar-refractivity contribution in [3.63, 3.8) is 0 Å². The van der Waals surface area contributed by atoms with Crippen LogP contribution in [0.1, 0.15) is 20.3 Å². The Balaban J connectivity index is 2.21. The van der Waals surface area contributed by atoms with E-state index in [2.05, 4.69) is 4.74 Å². The predicted octanol–water partition coefficient (Wildman–Crippen LogP) is 4.28. The second-order valence-corrected chi connectivity index (χ2v) is 6.15. The molecule has 10 heteroatoms. The molecule has 3 atom stereocenters. The molecule has 1 aliphatic rings. The van der Waals surface area contributed by atoms with E-state index in [-0.39, 0.29) is 5.75 Å². The van der Waals surface area contributed by atoms with Gasteiger partial charge in [-0.1, -0.05) is 12.1 Å². The van der Waals surface area contributed by atoms with Gasteiger partial charge >= 0.3 is 18.3 Å². The first-order valence-corrected chi connectivity index (χ1v) is 7.56. The summed E-state index contributed by atoms with van der Waals surface area (Å²) in [6, 6.07) is 6.25. The number of fused-ring (bicyclic) bond motifs is 1. The van der Waals surface area contributed by atoms with Gasteiger partial charge in [-0.05, 0) is 26.0 Å². The molecule has 0 bridgehead atoms. The molecule has 0 spiro atoms. The minimum atomic E-state index is -5.14. The number of carbonyl (C=O) groups excluding carboxylic acids is 1. The first-order valence-electron chi connectivity index (χ1n) is 7.56. The van der Waals surface area contributed by atoms with E-state index in [4.69, 9.17) is 9.47 Å². The number of halogens is 6. The standard InChI is InChI=1S/C16H16F6O4/c1-9-12(26-11-6-4-3-5-10(11)25-9)7-14(2,16(20,21)22)13(23)24-8-15(17,18)19/h3-6,9,12H,7-8H2,1-2H3. The lowest BCUT2D eigenvalue weighted by atomic mass is 9.82. The van der Waals surface area contributed by atoms with Crippen molar-refractivity contribution in [1.29, 1.82) is 0 Å². The van der Waals surface area contributed by atoms with Gasteiger partial charge in [0.15, 0.2) is 23.5 Å². The predicted molar refractivity (Wildman–Crippen MR) is 76.7 cm³/mol. The maximum Gasteiger partial charge on any atom is 0.422 e. The monoisotopic (exact) mass is 386 g/mol. The Kier molecular flexibility index (Phi) is 5.34. The van der Waals surface area contributed by atoms with Crippen LogP contribution in [0, 0.1) is 5.41 Å². The van der Waals surface area contributed by atoms with E-state index >= 15 is 0 Å². The number of benzene rings is 1. The van der Waals surface area contributed by atoms with Crippen molar-refractivity contribution in [3.05, 3.63) is 24.3 Å². The molecule has 2 rings (SSSR count). The molecular weight excluding hydrogens is 370 g/mol. The molecule has 0 saturated heterocycles. The molecule has 1 aromatic rings. The molecule has 1 aromatic carbocycles. The Morgan fingerprint density at radius 1 is 1.08 bits per heavy atom. The molecule has 0 saturated carbocycles. The van der Waals surface area contributed by atoms with E-state index in [1.165, 1.54) is 13.0 Å². The summed E-state index contributed by atoms with van der Waals surface area (Å²) in [6.45, 7) is -0.168. The van der Waals surface area contributed by atoms with Gasteiger partial charge in [0.2, 0.25) is 0 Å². The van der Waals surface area contributed by atoms with E-state index in [1.54, 1.807) is 18.2 Å². The Morgan fingerprint density at radius 3 is 2.12 bits per heavy atom. The van der Waals surface area contributed by atoms with Gasteiger partial charge in [-0.2, -0.15) is 26.3 Å². The van der Waals surface area contributed by atoms with Crippen molar-refractivity contribution in [2.45, 2.75) is 44.8 Å². The largest absolute Gasteiger partial charge is 0.483 e. The SMILES string of the molecule is CC1Oc2ccccc2OC1CC(C)(C(=O)OCC(F)(F)F)C(F)(F)F. The zero-order valence-corrected chi connectivity index (χ0v) is 13.8. The summed E-state index contributed by atoms with van der Waals surface area (Å²) in [7, 11) is 0. The number of ether oxygens (including phenoxy) is 3. The normalized spacial score (nSPS) is 22.5. The molecule has 4 nitrogen and oxygen atoms in total. The maximum absolute atomic E-state index is 13.5. The second kappa shape index (κ2) is 6.88. The zero-order chi connectivity index (χ0) is 19.8. The van der Waals surface area contributed by atoms with Gasteiger partial charge in [-0.25, -0.2) is 0 Å². The van der Waals surface area contributed by atoms with Gasteiger partial charge in [0.25, 0.3) is 0 Å². The van der Waals surface area contributed by atoms with Gasteiger partial charge in [0.05, 0.1) is 0 Å². The number of rotatable bonds is 4. The van der Waals surface area contributed by atoms with Gasteiger partial charge in [-0.3, -0.25) is 4.79 Å². The molecule has 3 unspecified atom stereocenters. The van der Waals surface area contributed by atoms with E-state index in [0.29, 0.717) is 12.7 Å². The van der Waals surface area contributed by atoms with Crippen LogP contribution in [0.15, 0.2) is 24.3 Å². The average Bonchev–Trinajstić information content (AvgIpc) is 2.51. The van der Waals surface area contributed by atoms with Crippen LogP contribution in [0.4, 0.5) is 26.3 Å². The van der Waals surface area contributed by atoms with Crippen LogP contribution in [0.25, 0.3) is 0 Å². The van der Waals surface area contributed by atoms with Crippen LogP contribution in [-0.4, -0.2) is 37.1 Å². The topological polar surface area (TPSA) is 44.8 Å². The number of alkyl halides is 6. The minimum absolute atomic E-state index is 0.184. The Morgan fingerprint density at radius 2 is 1.62 bits per heavy atom. The van der Waals surface area contributed by atoms with Crippen LogP contribution in [0.5, 0.6) is 11.5 Å². The van der Waals surface area contributed by atoms with Gasteiger partial charge in [0, 0.05) is 6.42 Å². The summed E-state index contributed by atoms with van der Waals surface area (Å²) >= 11 is 0. The summed E-state index contributed by atoms with van der Waals surface area (Å²) in [5.74, 6) is -1.51. The van der Waals surface area contributed by atoms with Gasteiger partial charge < -0.3 is 14.2 Å². The summed E-state index contributed by atoms with van der Waals surface area (Å²) in [5, 5.41) is 0. The third kappa shape index (κ3) is 4.34. The van der Waals surface area contributed by atoms with Crippen molar-refractivity contribution >= 4 is 5.97 Å². The number of carbonyl (C=O) groups is 1.